The summed E-state index contributed by atoms with van der Waals surface area (Å²) in [7, 11) is 1.66. The molecule has 1 heterocycles. The van der Waals surface area contributed by atoms with Gasteiger partial charge in [0.05, 0.1) is 12.6 Å². The molecular weight excluding hydrogens is 386 g/mol. The van der Waals surface area contributed by atoms with Crippen LogP contribution >= 0.6 is 0 Å². The van der Waals surface area contributed by atoms with E-state index in [0.717, 1.165) is 12.0 Å². The third-order valence-electron chi connectivity index (χ3n) is 4.96. The second-order valence-corrected chi connectivity index (χ2v) is 7.08. The van der Waals surface area contributed by atoms with Crippen molar-refractivity contribution in [2.45, 2.75) is 38.4 Å². The lowest BCUT2D eigenvalue weighted by atomic mass is 10.1. The van der Waals surface area contributed by atoms with E-state index in [0.29, 0.717) is 18.7 Å². The molecule has 1 aromatic carbocycles. The highest BCUT2D eigenvalue weighted by atomic mass is 16.2. The molecule has 4 amide bonds. The van der Waals surface area contributed by atoms with Crippen molar-refractivity contribution >= 4 is 29.3 Å². The molecule has 1 unspecified atom stereocenters. The van der Waals surface area contributed by atoms with Gasteiger partial charge in [0, 0.05) is 18.8 Å². The minimum absolute atomic E-state index is 0.139. The van der Waals surface area contributed by atoms with Crippen LogP contribution in [0.15, 0.2) is 36.9 Å². The standard InChI is InChI=1S/C21H29N5O4/c1-4-18(27)25-16-8-5-7-15(11-16)12-23-21(30)17-9-6-10-26(17)19(28)13-24-20(29)14(2)22-3/h4-5,7-8,11,14,17,22H,1,6,9-10,12-13H2,2-3H3,(H,23,30)(H,24,29)(H,25,27)/t14?,17-/m0/s1. The smallest absolute Gasteiger partial charge is 0.247 e. The Balaban J connectivity index is 1.89. The van der Waals surface area contributed by atoms with Crippen LogP contribution in [0.4, 0.5) is 5.69 Å². The van der Waals surface area contributed by atoms with E-state index in [1.165, 1.54) is 11.0 Å². The zero-order valence-corrected chi connectivity index (χ0v) is 17.4. The monoisotopic (exact) mass is 415 g/mol. The average molecular weight is 415 g/mol. The highest BCUT2D eigenvalue weighted by Gasteiger charge is 2.33. The summed E-state index contributed by atoms with van der Waals surface area (Å²) < 4.78 is 0. The zero-order chi connectivity index (χ0) is 22.1. The van der Waals surface area contributed by atoms with Gasteiger partial charge in [-0.1, -0.05) is 18.7 Å². The van der Waals surface area contributed by atoms with Gasteiger partial charge in [-0.25, -0.2) is 0 Å². The fourth-order valence-electron chi connectivity index (χ4n) is 3.15. The van der Waals surface area contributed by atoms with Crippen molar-refractivity contribution in [3.63, 3.8) is 0 Å². The van der Waals surface area contributed by atoms with Crippen LogP contribution in [0.1, 0.15) is 25.3 Å². The van der Waals surface area contributed by atoms with Gasteiger partial charge in [0.1, 0.15) is 6.04 Å². The lowest BCUT2D eigenvalue weighted by Gasteiger charge is -2.24. The van der Waals surface area contributed by atoms with Crippen molar-refractivity contribution in [1.82, 2.24) is 20.9 Å². The summed E-state index contributed by atoms with van der Waals surface area (Å²) in [6.07, 6.45) is 2.49. The summed E-state index contributed by atoms with van der Waals surface area (Å²) in [5.41, 5.74) is 1.42. The maximum Gasteiger partial charge on any atom is 0.247 e. The van der Waals surface area contributed by atoms with Crippen molar-refractivity contribution in [3.05, 3.63) is 42.5 Å². The van der Waals surface area contributed by atoms with Gasteiger partial charge in [-0.3, -0.25) is 19.2 Å². The number of carbonyl (C=O) groups is 4. The molecule has 1 aliphatic rings. The average Bonchev–Trinajstić information content (AvgIpc) is 3.25. The number of nitrogens with zero attached hydrogens (tertiary/aromatic N) is 1. The Morgan fingerprint density at radius 2 is 2.03 bits per heavy atom. The maximum absolute atomic E-state index is 12.6. The van der Waals surface area contributed by atoms with Gasteiger partial charge in [0.25, 0.3) is 0 Å². The van der Waals surface area contributed by atoms with E-state index in [2.05, 4.69) is 27.8 Å². The molecule has 4 N–H and O–H groups in total. The molecule has 2 rings (SSSR count). The number of anilines is 1. The van der Waals surface area contributed by atoms with Crippen LogP contribution in [-0.4, -0.2) is 60.7 Å². The second-order valence-electron chi connectivity index (χ2n) is 7.08. The van der Waals surface area contributed by atoms with Gasteiger partial charge >= 0.3 is 0 Å². The predicted octanol–water partition coefficient (Wildman–Crippen LogP) is 0.142. The van der Waals surface area contributed by atoms with E-state index < -0.39 is 12.1 Å². The molecule has 2 atom stereocenters. The number of rotatable bonds is 9. The van der Waals surface area contributed by atoms with E-state index in [1.54, 1.807) is 32.2 Å². The fraction of sp³-hybridized carbons (Fsp3) is 0.429. The molecule has 0 radical (unpaired) electrons. The Kier molecular flexibility index (Phi) is 8.54. The molecule has 9 nitrogen and oxygen atoms in total. The molecule has 0 spiro atoms. The molecule has 0 aromatic heterocycles. The van der Waals surface area contributed by atoms with E-state index in [9.17, 15) is 19.2 Å². The number of likely N-dealkylation sites (tertiary alicyclic amines) is 1. The van der Waals surface area contributed by atoms with Crippen molar-refractivity contribution in [3.8, 4) is 0 Å². The van der Waals surface area contributed by atoms with Gasteiger partial charge in [-0.05, 0) is 50.6 Å². The van der Waals surface area contributed by atoms with Crippen LogP contribution in [-0.2, 0) is 25.7 Å². The molecule has 1 aliphatic heterocycles. The van der Waals surface area contributed by atoms with Crippen LogP contribution in [0.3, 0.4) is 0 Å². The summed E-state index contributed by atoms with van der Waals surface area (Å²) in [5.74, 6) is -1.10. The largest absolute Gasteiger partial charge is 0.350 e. The van der Waals surface area contributed by atoms with Crippen molar-refractivity contribution < 1.29 is 19.2 Å². The normalized spacial score (nSPS) is 16.5. The van der Waals surface area contributed by atoms with Gasteiger partial charge < -0.3 is 26.2 Å². The summed E-state index contributed by atoms with van der Waals surface area (Å²) in [4.78, 5) is 49.9. The van der Waals surface area contributed by atoms with E-state index in [1.807, 2.05) is 6.07 Å². The Morgan fingerprint density at radius 3 is 2.73 bits per heavy atom. The minimum atomic E-state index is -0.556. The lowest BCUT2D eigenvalue weighted by Crippen LogP contribution is -2.50. The van der Waals surface area contributed by atoms with Crippen LogP contribution in [0, 0.1) is 0 Å². The fourth-order valence-corrected chi connectivity index (χ4v) is 3.15. The summed E-state index contributed by atoms with van der Waals surface area (Å²) >= 11 is 0. The first-order valence-corrected chi connectivity index (χ1v) is 9.90. The number of likely N-dealkylation sites (N-methyl/N-ethyl adjacent to an activating group) is 1. The number of nitrogens with one attached hydrogen (secondary N) is 4. The highest BCUT2D eigenvalue weighted by Crippen LogP contribution is 2.18. The van der Waals surface area contributed by atoms with Crippen LogP contribution in [0.5, 0.6) is 0 Å². The molecule has 9 heteroatoms. The summed E-state index contributed by atoms with van der Waals surface area (Å²) in [6, 6.07) is 6.16. The third kappa shape index (κ3) is 6.41. The van der Waals surface area contributed by atoms with E-state index in [4.69, 9.17) is 0 Å². The van der Waals surface area contributed by atoms with Gasteiger partial charge in [-0.15, -0.1) is 0 Å². The molecule has 162 valence electrons. The summed E-state index contributed by atoms with van der Waals surface area (Å²) in [6.45, 7) is 5.72. The van der Waals surface area contributed by atoms with Crippen molar-refractivity contribution in [1.29, 1.82) is 0 Å². The number of carbonyl (C=O) groups excluding carboxylic acids is 4. The predicted molar refractivity (Wildman–Crippen MR) is 113 cm³/mol. The first-order chi connectivity index (χ1) is 14.3. The number of amides is 4. The highest BCUT2D eigenvalue weighted by molar-refractivity contribution is 5.98. The molecule has 0 aliphatic carbocycles. The Bertz CT molecular complexity index is 810. The Labute approximate surface area is 176 Å². The second kappa shape index (κ2) is 11.1. The molecule has 0 bridgehead atoms. The minimum Gasteiger partial charge on any atom is -0.350 e. The number of hydrogen-bond donors (Lipinski definition) is 4. The number of benzene rings is 1. The zero-order valence-electron chi connectivity index (χ0n) is 17.4. The third-order valence-corrected chi connectivity index (χ3v) is 4.96. The molecule has 1 saturated heterocycles. The van der Waals surface area contributed by atoms with Crippen molar-refractivity contribution in [2.24, 2.45) is 0 Å². The SMILES string of the molecule is C=CC(=O)Nc1cccc(CNC(=O)[C@@H]2CCCN2C(=O)CNC(=O)C(C)NC)c1. The molecular formula is C21H29N5O4. The molecule has 1 fully saturated rings. The van der Waals surface area contributed by atoms with Crippen LogP contribution in [0.25, 0.3) is 0 Å². The van der Waals surface area contributed by atoms with Gasteiger partial charge in [0.2, 0.25) is 23.6 Å². The first kappa shape index (κ1) is 23.1. The maximum atomic E-state index is 12.6. The summed E-state index contributed by atoms with van der Waals surface area (Å²) in [5, 5.41) is 10.9. The first-order valence-electron chi connectivity index (χ1n) is 9.90. The van der Waals surface area contributed by atoms with Crippen molar-refractivity contribution in [2.75, 3.05) is 25.5 Å². The molecule has 0 saturated carbocycles. The quantitative estimate of drug-likeness (QED) is 0.428. The Morgan fingerprint density at radius 1 is 1.27 bits per heavy atom. The molecule has 1 aromatic rings. The number of hydrogen-bond acceptors (Lipinski definition) is 5. The topological polar surface area (TPSA) is 120 Å². The van der Waals surface area contributed by atoms with E-state index in [-0.39, 0.29) is 36.7 Å². The van der Waals surface area contributed by atoms with E-state index >= 15 is 0 Å². The Hall–Kier alpha value is -3.20. The van der Waals surface area contributed by atoms with Gasteiger partial charge in [0.15, 0.2) is 0 Å². The van der Waals surface area contributed by atoms with Gasteiger partial charge in [-0.2, -0.15) is 0 Å². The lowest BCUT2D eigenvalue weighted by molar-refractivity contribution is -0.138. The molecule has 30 heavy (non-hydrogen) atoms. The van der Waals surface area contributed by atoms with Crippen LogP contribution in [0.2, 0.25) is 0 Å². The van der Waals surface area contributed by atoms with Crippen LogP contribution < -0.4 is 21.3 Å².